The van der Waals surface area contributed by atoms with Crippen molar-refractivity contribution in [2.45, 2.75) is 0 Å². The van der Waals surface area contributed by atoms with Gasteiger partial charge < -0.3 is 14.3 Å². The van der Waals surface area contributed by atoms with E-state index in [0.717, 1.165) is 11.3 Å². The van der Waals surface area contributed by atoms with Gasteiger partial charge in [0.1, 0.15) is 5.75 Å². The van der Waals surface area contributed by atoms with E-state index in [1.165, 1.54) is 13.2 Å². The van der Waals surface area contributed by atoms with Gasteiger partial charge >= 0.3 is 5.97 Å². The van der Waals surface area contributed by atoms with Gasteiger partial charge in [0.2, 0.25) is 0 Å². The first kappa shape index (κ1) is 17.9. The quantitative estimate of drug-likeness (QED) is 0.364. The number of ether oxygens (including phenoxy) is 2. The first-order chi connectivity index (χ1) is 11.2. The number of rotatable bonds is 5. The molecule has 0 radical (unpaired) electrons. The van der Waals surface area contributed by atoms with Crippen LogP contribution in [0, 0.1) is 4.91 Å². The number of benzene rings is 2. The van der Waals surface area contributed by atoms with Gasteiger partial charge in [-0.25, -0.2) is 4.79 Å². The molecule has 0 fully saturated rings. The Labute approximate surface area is 134 Å². The molecule has 2 rings (SSSR count). The lowest BCUT2D eigenvalue weighted by Crippen LogP contribution is -1.93. The average molecular weight is 315 g/mol. The first-order valence-corrected chi connectivity index (χ1v) is 6.64. The zero-order valence-electron chi connectivity index (χ0n) is 12.8. The molecule has 2 aromatic rings. The molecular weight excluding hydrogens is 298 g/mol. The zero-order chi connectivity index (χ0) is 16.9. The molecule has 0 N–H and O–H groups in total. The Morgan fingerprint density at radius 3 is 2.09 bits per heavy atom. The molecule has 0 atom stereocenters. The summed E-state index contributed by atoms with van der Waals surface area (Å²) in [5.74, 6) is 0.831. The van der Waals surface area contributed by atoms with Gasteiger partial charge in [0, 0.05) is 6.08 Å². The van der Waals surface area contributed by atoms with Gasteiger partial charge in [-0.3, -0.25) is 0 Å². The molecule has 120 valence electrons. The highest BCUT2D eigenvalue weighted by Crippen LogP contribution is 2.13. The molecule has 6 heteroatoms. The van der Waals surface area contributed by atoms with E-state index in [9.17, 15) is 9.70 Å². The predicted molar refractivity (Wildman–Crippen MR) is 86.9 cm³/mol. The van der Waals surface area contributed by atoms with Crippen LogP contribution in [-0.2, 0) is 9.53 Å². The summed E-state index contributed by atoms with van der Waals surface area (Å²) in [6, 6.07) is 16.2. The summed E-state index contributed by atoms with van der Waals surface area (Å²) < 4.78 is 9.34. The monoisotopic (exact) mass is 315 g/mol. The SMILES string of the molecule is COC(=O)/C=C/c1ccc(ON=O)cc1.COc1ccccc1. The van der Waals surface area contributed by atoms with Crippen molar-refractivity contribution >= 4 is 12.0 Å². The van der Waals surface area contributed by atoms with E-state index in [-0.39, 0.29) is 0 Å². The van der Waals surface area contributed by atoms with Crippen molar-refractivity contribution in [1.29, 1.82) is 0 Å². The highest BCUT2D eigenvalue weighted by atomic mass is 16.7. The summed E-state index contributed by atoms with van der Waals surface area (Å²) in [6.07, 6.45) is 2.89. The maximum absolute atomic E-state index is 10.8. The molecule has 0 amide bonds. The van der Waals surface area contributed by atoms with Gasteiger partial charge in [0.15, 0.2) is 11.1 Å². The summed E-state index contributed by atoms with van der Waals surface area (Å²) in [4.78, 5) is 24.9. The third kappa shape index (κ3) is 7.42. The Hall–Kier alpha value is -3.15. The zero-order valence-corrected chi connectivity index (χ0v) is 12.8. The molecule has 0 unspecified atom stereocenters. The maximum atomic E-state index is 10.8. The lowest BCUT2D eigenvalue weighted by atomic mass is 10.2. The summed E-state index contributed by atoms with van der Waals surface area (Å²) in [7, 11) is 2.97. The van der Waals surface area contributed by atoms with Crippen molar-refractivity contribution in [3.05, 3.63) is 71.1 Å². The highest BCUT2D eigenvalue weighted by molar-refractivity contribution is 5.86. The van der Waals surface area contributed by atoms with Crippen LogP contribution in [0.4, 0.5) is 0 Å². The van der Waals surface area contributed by atoms with Gasteiger partial charge in [-0.2, -0.15) is 0 Å². The first-order valence-electron chi connectivity index (χ1n) is 6.64. The smallest absolute Gasteiger partial charge is 0.330 e. The van der Waals surface area contributed by atoms with Crippen LogP contribution in [0.5, 0.6) is 11.5 Å². The third-order valence-electron chi connectivity index (χ3n) is 2.61. The predicted octanol–water partition coefficient (Wildman–Crippen LogP) is 3.63. The van der Waals surface area contributed by atoms with Gasteiger partial charge in [0.05, 0.1) is 14.2 Å². The van der Waals surface area contributed by atoms with Crippen molar-refractivity contribution in [2.75, 3.05) is 14.2 Å². The lowest BCUT2D eigenvalue weighted by molar-refractivity contribution is -0.134. The lowest BCUT2D eigenvalue weighted by Gasteiger charge is -1.95. The molecule has 0 saturated heterocycles. The van der Waals surface area contributed by atoms with Crippen molar-refractivity contribution < 1.29 is 19.1 Å². The van der Waals surface area contributed by atoms with Gasteiger partial charge in [-0.05, 0) is 35.9 Å². The van der Waals surface area contributed by atoms with E-state index in [1.54, 1.807) is 37.5 Å². The van der Waals surface area contributed by atoms with Crippen molar-refractivity contribution in [3.8, 4) is 11.5 Å². The number of methoxy groups -OCH3 is 2. The summed E-state index contributed by atoms with van der Waals surface area (Å²) in [5.41, 5.74) is 0.790. The van der Waals surface area contributed by atoms with Crippen LogP contribution in [0.3, 0.4) is 0 Å². The van der Waals surface area contributed by atoms with Gasteiger partial charge in [-0.15, -0.1) is 4.91 Å². The molecule has 0 heterocycles. The number of carbonyl (C=O) groups excluding carboxylic acids is 1. The van der Waals surface area contributed by atoms with Crippen LogP contribution >= 0.6 is 0 Å². The summed E-state index contributed by atoms with van der Waals surface area (Å²) in [5, 5.41) is 2.28. The molecule has 0 aliphatic heterocycles. The molecule has 23 heavy (non-hydrogen) atoms. The van der Waals surface area contributed by atoms with Gasteiger partial charge in [0.25, 0.3) is 0 Å². The van der Waals surface area contributed by atoms with E-state index >= 15 is 0 Å². The molecule has 0 saturated carbocycles. The molecule has 2 aromatic carbocycles. The van der Waals surface area contributed by atoms with Gasteiger partial charge in [-0.1, -0.05) is 30.3 Å². The molecule has 6 nitrogen and oxygen atoms in total. The second-order valence-corrected chi connectivity index (χ2v) is 4.11. The van der Waals surface area contributed by atoms with E-state index in [2.05, 4.69) is 14.9 Å². The second kappa shape index (κ2) is 10.6. The molecule has 0 aliphatic rings. The van der Waals surface area contributed by atoms with E-state index < -0.39 is 5.97 Å². The van der Waals surface area contributed by atoms with Crippen LogP contribution in [-0.4, -0.2) is 20.2 Å². The summed E-state index contributed by atoms with van der Waals surface area (Å²) >= 11 is 0. The minimum absolute atomic E-state index is 0.347. The van der Waals surface area contributed by atoms with Crippen molar-refractivity contribution in [3.63, 3.8) is 0 Å². The number of hydrogen-bond donors (Lipinski definition) is 0. The average Bonchev–Trinajstić information content (AvgIpc) is 2.62. The Balaban J connectivity index is 0.000000277. The molecule has 0 aromatic heterocycles. The van der Waals surface area contributed by atoms with E-state index in [0.29, 0.717) is 5.75 Å². The van der Waals surface area contributed by atoms with Crippen molar-refractivity contribution in [2.24, 2.45) is 5.34 Å². The Morgan fingerprint density at radius 2 is 1.61 bits per heavy atom. The fourth-order valence-corrected chi connectivity index (χ4v) is 1.47. The number of hydrogen-bond acceptors (Lipinski definition) is 6. The fourth-order valence-electron chi connectivity index (χ4n) is 1.47. The number of para-hydroxylation sites is 1. The maximum Gasteiger partial charge on any atom is 0.330 e. The topological polar surface area (TPSA) is 74.2 Å². The van der Waals surface area contributed by atoms with Crippen LogP contribution in [0.15, 0.2) is 66.0 Å². The van der Waals surface area contributed by atoms with E-state index in [1.807, 2.05) is 30.3 Å². The standard InChI is InChI=1S/C10H9NO4.C7H8O/c1-14-10(12)7-4-8-2-5-9(6-3-8)15-11-13;1-8-7-5-3-2-4-6-7/h2-7H,1H3;2-6H,1H3/b7-4+;. The Bertz CT molecular complexity index is 623. The normalized spacial score (nSPS) is 9.48. The van der Waals surface area contributed by atoms with Crippen LogP contribution < -0.4 is 9.57 Å². The fraction of sp³-hybridized carbons (Fsp3) is 0.118. The number of carbonyl (C=O) groups is 1. The Kier molecular flexibility index (Phi) is 8.22. The number of nitrogens with zero attached hydrogens (tertiary/aromatic N) is 1. The number of esters is 1. The minimum Gasteiger partial charge on any atom is -0.497 e. The molecule has 0 aliphatic carbocycles. The molecule has 0 bridgehead atoms. The second-order valence-electron chi connectivity index (χ2n) is 4.11. The van der Waals surface area contributed by atoms with Crippen LogP contribution in [0.1, 0.15) is 5.56 Å². The third-order valence-corrected chi connectivity index (χ3v) is 2.61. The summed E-state index contributed by atoms with van der Waals surface area (Å²) in [6.45, 7) is 0. The van der Waals surface area contributed by atoms with Crippen LogP contribution in [0.25, 0.3) is 6.08 Å². The molecular formula is C17H17NO5. The molecule has 0 spiro atoms. The van der Waals surface area contributed by atoms with Crippen molar-refractivity contribution in [1.82, 2.24) is 0 Å². The Morgan fingerprint density at radius 1 is 0.957 bits per heavy atom. The van der Waals surface area contributed by atoms with E-state index in [4.69, 9.17) is 4.74 Å². The largest absolute Gasteiger partial charge is 0.497 e. The van der Waals surface area contributed by atoms with Crippen LogP contribution in [0.2, 0.25) is 0 Å². The minimum atomic E-state index is -0.426. The highest BCUT2D eigenvalue weighted by Gasteiger charge is 1.94.